The first-order valence-corrected chi connectivity index (χ1v) is 5.97. The Kier molecular flexibility index (Phi) is 3.46. The second kappa shape index (κ2) is 4.91. The van der Waals surface area contributed by atoms with Crippen LogP contribution >= 0.6 is 0 Å². The zero-order valence-corrected chi connectivity index (χ0v) is 10.5. The first kappa shape index (κ1) is 13.4. The quantitative estimate of drug-likeness (QED) is 0.633. The SMILES string of the molecule is CCC(=O)c1cc2cc(F)c(CC)c(F)c2oc1=O. The lowest BCUT2D eigenvalue weighted by atomic mass is 10.1. The Balaban J connectivity index is 2.83. The van der Waals surface area contributed by atoms with Crippen molar-refractivity contribution >= 4 is 16.8 Å². The summed E-state index contributed by atoms with van der Waals surface area (Å²) < 4.78 is 32.4. The van der Waals surface area contributed by atoms with E-state index in [9.17, 15) is 18.4 Å². The van der Waals surface area contributed by atoms with E-state index >= 15 is 0 Å². The Labute approximate surface area is 107 Å². The van der Waals surface area contributed by atoms with Crippen LogP contribution in [0.4, 0.5) is 8.78 Å². The third kappa shape index (κ3) is 2.16. The molecule has 1 heterocycles. The van der Waals surface area contributed by atoms with Crippen molar-refractivity contribution in [3.05, 3.63) is 45.3 Å². The van der Waals surface area contributed by atoms with Crippen LogP contribution in [0.5, 0.6) is 0 Å². The topological polar surface area (TPSA) is 47.3 Å². The number of rotatable bonds is 3. The highest BCUT2D eigenvalue weighted by Gasteiger charge is 2.18. The van der Waals surface area contributed by atoms with Gasteiger partial charge in [-0.2, -0.15) is 0 Å². The number of ketones is 1. The van der Waals surface area contributed by atoms with Crippen LogP contribution < -0.4 is 5.63 Å². The maximum Gasteiger partial charge on any atom is 0.347 e. The molecule has 0 aliphatic heterocycles. The summed E-state index contributed by atoms with van der Waals surface area (Å²) in [5.41, 5.74) is -1.52. The highest BCUT2D eigenvalue weighted by molar-refractivity contribution is 5.98. The highest BCUT2D eigenvalue weighted by Crippen LogP contribution is 2.24. The van der Waals surface area contributed by atoms with Gasteiger partial charge in [-0.05, 0) is 18.6 Å². The van der Waals surface area contributed by atoms with Crippen molar-refractivity contribution in [2.45, 2.75) is 26.7 Å². The summed E-state index contributed by atoms with van der Waals surface area (Å²) in [6.07, 6.45) is 0.265. The van der Waals surface area contributed by atoms with Gasteiger partial charge in [0.15, 0.2) is 17.2 Å². The molecule has 0 unspecified atom stereocenters. The van der Waals surface area contributed by atoms with Crippen molar-refractivity contribution in [2.75, 3.05) is 0 Å². The second-order valence-corrected chi connectivity index (χ2v) is 4.15. The molecule has 0 saturated heterocycles. The van der Waals surface area contributed by atoms with Crippen molar-refractivity contribution in [2.24, 2.45) is 0 Å². The Morgan fingerprint density at radius 2 is 1.95 bits per heavy atom. The van der Waals surface area contributed by atoms with Crippen LogP contribution in [-0.2, 0) is 6.42 Å². The van der Waals surface area contributed by atoms with E-state index in [-0.39, 0.29) is 34.9 Å². The molecule has 0 fully saturated rings. The highest BCUT2D eigenvalue weighted by atomic mass is 19.1. The molecule has 0 aliphatic carbocycles. The van der Waals surface area contributed by atoms with E-state index in [1.165, 1.54) is 6.07 Å². The van der Waals surface area contributed by atoms with E-state index in [4.69, 9.17) is 4.42 Å². The standard InChI is InChI=1S/C14H12F2O3/c1-3-8-10(15)6-7-5-9(11(17)4-2)14(18)19-13(7)12(8)16/h5-6H,3-4H2,1-2H3. The van der Waals surface area contributed by atoms with E-state index in [0.29, 0.717) is 0 Å². The molecule has 2 aromatic rings. The summed E-state index contributed by atoms with van der Waals surface area (Å²) in [4.78, 5) is 23.1. The average Bonchev–Trinajstić information content (AvgIpc) is 2.39. The van der Waals surface area contributed by atoms with Gasteiger partial charge in [0, 0.05) is 17.4 Å². The average molecular weight is 266 g/mol. The first-order valence-electron chi connectivity index (χ1n) is 5.97. The van der Waals surface area contributed by atoms with Gasteiger partial charge in [-0.3, -0.25) is 4.79 Å². The van der Waals surface area contributed by atoms with Gasteiger partial charge in [-0.15, -0.1) is 0 Å². The molecule has 3 nitrogen and oxygen atoms in total. The lowest BCUT2D eigenvalue weighted by Crippen LogP contribution is -2.13. The number of halogens is 2. The van der Waals surface area contributed by atoms with Gasteiger partial charge in [0.05, 0.1) is 0 Å². The fourth-order valence-electron chi connectivity index (χ4n) is 1.94. The van der Waals surface area contributed by atoms with Crippen molar-refractivity contribution in [1.82, 2.24) is 0 Å². The Morgan fingerprint density at radius 1 is 1.26 bits per heavy atom. The van der Waals surface area contributed by atoms with Crippen molar-refractivity contribution in [1.29, 1.82) is 0 Å². The molecule has 19 heavy (non-hydrogen) atoms. The molecule has 0 saturated carbocycles. The minimum absolute atomic E-state index is 0.0728. The molecule has 1 aromatic heterocycles. The predicted octanol–water partition coefficient (Wildman–Crippen LogP) is 3.23. The number of carbonyl (C=O) groups is 1. The lowest BCUT2D eigenvalue weighted by Gasteiger charge is -2.06. The number of benzene rings is 1. The predicted molar refractivity (Wildman–Crippen MR) is 66.4 cm³/mol. The molecule has 0 radical (unpaired) electrons. The van der Waals surface area contributed by atoms with Gasteiger partial charge in [0.25, 0.3) is 0 Å². The van der Waals surface area contributed by atoms with Gasteiger partial charge in [0.1, 0.15) is 11.4 Å². The molecule has 5 heteroatoms. The smallest absolute Gasteiger partial charge is 0.347 e. The molecular formula is C14H12F2O3. The van der Waals surface area contributed by atoms with Crippen LogP contribution in [0.1, 0.15) is 36.2 Å². The summed E-state index contributed by atoms with van der Waals surface area (Å²) in [6.45, 7) is 3.19. The molecule has 100 valence electrons. The summed E-state index contributed by atoms with van der Waals surface area (Å²) in [5.74, 6) is -2.02. The molecule has 2 rings (SSSR count). The lowest BCUT2D eigenvalue weighted by molar-refractivity contribution is 0.0984. The van der Waals surface area contributed by atoms with E-state index in [1.54, 1.807) is 13.8 Å². The Hall–Kier alpha value is -2.04. The number of hydrogen-bond donors (Lipinski definition) is 0. The van der Waals surface area contributed by atoms with Gasteiger partial charge < -0.3 is 4.42 Å². The summed E-state index contributed by atoms with van der Waals surface area (Å²) in [7, 11) is 0. The van der Waals surface area contributed by atoms with Crippen molar-refractivity contribution in [3.63, 3.8) is 0 Å². The molecule has 1 aromatic carbocycles. The van der Waals surface area contributed by atoms with Crippen LogP contribution in [0, 0.1) is 11.6 Å². The van der Waals surface area contributed by atoms with E-state index in [1.807, 2.05) is 0 Å². The minimum Gasteiger partial charge on any atom is -0.419 e. The van der Waals surface area contributed by atoms with Crippen LogP contribution in [0.3, 0.4) is 0 Å². The van der Waals surface area contributed by atoms with Crippen molar-refractivity contribution in [3.8, 4) is 0 Å². The first-order chi connectivity index (χ1) is 8.99. The zero-order valence-electron chi connectivity index (χ0n) is 10.5. The fourth-order valence-corrected chi connectivity index (χ4v) is 1.94. The number of hydrogen-bond acceptors (Lipinski definition) is 3. The number of fused-ring (bicyclic) bond motifs is 1. The van der Waals surface area contributed by atoms with Gasteiger partial charge >= 0.3 is 5.63 Å². The Morgan fingerprint density at radius 3 is 2.53 bits per heavy atom. The molecule has 0 N–H and O–H groups in total. The summed E-state index contributed by atoms with van der Waals surface area (Å²) >= 11 is 0. The fraction of sp³-hybridized carbons (Fsp3) is 0.286. The third-order valence-corrected chi connectivity index (χ3v) is 2.99. The molecule has 0 bridgehead atoms. The second-order valence-electron chi connectivity index (χ2n) is 4.15. The monoisotopic (exact) mass is 266 g/mol. The van der Waals surface area contributed by atoms with Gasteiger partial charge in [-0.25, -0.2) is 13.6 Å². The minimum atomic E-state index is -0.896. The van der Waals surface area contributed by atoms with Gasteiger partial charge in [-0.1, -0.05) is 13.8 Å². The van der Waals surface area contributed by atoms with Crippen LogP contribution in [0.25, 0.3) is 11.0 Å². The van der Waals surface area contributed by atoms with Gasteiger partial charge in [0.2, 0.25) is 0 Å². The molecular weight excluding hydrogens is 254 g/mol. The van der Waals surface area contributed by atoms with E-state index in [2.05, 4.69) is 0 Å². The van der Waals surface area contributed by atoms with E-state index in [0.717, 1.165) is 6.07 Å². The zero-order chi connectivity index (χ0) is 14.2. The van der Waals surface area contributed by atoms with Crippen molar-refractivity contribution < 1.29 is 18.0 Å². The normalized spacial score (nSPS) is 10.9. The molecule has 0 aliphatic rings. The number of Topliss-reactive ketones (excluding diaryl/α,β-unsaturated/α-hetero) is 1. The van der Waals surface area contributed by atoms with Crippen LogP contribution in [0.15, 0.2) is 21.3 Å². The Bertz CT molecular complexity index is 717. The number of carbonyl (C=O) groups excluding carboxylic acids is 1. The molecule has 0 amide bonds. The molecule has 0 spiro atoms. The summed E-state index contributed by atoms with van der Waals surface area (Å²) in [6, 6.07) is 2.26. The van der Waals surface area contributed by atoms with Crippen LogP contribution in [0.2, 0.25) is 0 Å². The van der Waals surface area contributed by atoms with Crippen LogP contribution in [-0.4, -0.2) is 5.78 Å². The maximum atomic E-state index is 14.0. The van der Waals surface area contributed by atoms with E-state index < -0.39 is 23.0 Å². The largest absolute Gasteiger partial charge is 0.419 e. The third-order valence-electron chi connectivity index (χ3n) is 2.99. The maximum absolute atomic E-state index is 14.0. The molecule has 0 atom stereocenters. The summed E-state index contributed by atoms with van der Waals surface area (Å²) in [5, 5.41) is 0.0728.